The lowest BCUT2D eigenvalue weighted by atomic mass is 9.87. The van der Waals surface area contributed by atoms with Gasteiger partial charge < -0.3 is 14.9 Å². The Kier molecular flexibility index (Phi) is 4.03. The van der Waals surface area contributed by atoms with E-state index < -0.39 is 11.7 Å². The Balaban J connectivity index is 2.42. The zero-order valence-corrected chi connectivity index (χ0v) is 13.0. The predicted octanol–water partition coefficient (Wildman–Crippen LogP) is 3.74. The number of carbonyl (C=O) groups excluding carboxylic acids is 1. The highest BCUT2D eigenvalue weighted by Gasteiger charge is 2.33. The number of hydrogen-bond acceptors (Lipinski definition) is 4. The number of anilines is 1. The molecule has 21 heavy (non-hydrogen) atoms. The molecule has 0 saturated heterocycles. The molecule has 0 aliphatic carbocycles. The van der Waals surface area contributed by atoms with Crippen LogP contribution in [0.5, 0.6) is 11.5 Å². The highest BCUT2D eigenvalue weighted by atomic mass is 16.6. The van der Waals surface area contributed by atoms with Crippen LogP contribution in [0, 0.1) is 0 Å². The number of ether oxygens (including phenoxy) is 1. The minimum absolute atomic E-state index is 0.0325. The summed E-state index contributed by atoms with van der Waals surface area (Å²) >= 11 is 0. The van der Waals surface area contributed by atoms with Gasteiger partial charge in [0.25, 0.3) is 0 Å². The third kappa shape index (κ3) is 3.23. The lowest BCUT2D eigenvalue weighted by Crippen LogP contribution is -2.40. The first-order valence-electron chi connectivity index (χ1n) is 7.29. The van der Waals surface area contributed by atoms with E-state index in [1.54, 1.807) is 0 Å². The molecule has 0 unspecified atom stereocenters. The number of rotatable bonds is 1. The maximum atomic E-state index is 12.3. The normalized spacial score (nSPS) is 18.3. The molecule has 0 radical (unpaired) electrons. The molecule has 116 valence electrons. The molecule has 2 rings (SSSR count). The molecule has 1 aromatic rings. The van der Waals surface area contributed by atoms with Crippen molar-refractivity contribution in [3.8, 4) is 11.5 Å². The first kappa shape index (κ1) is 15.5. The van der Waals surface area contributed by atoms with Crippen molar-refractivity contribution in [2.24, 2.45) is 0 Å². The van der Waals surface area contributed by atoms with Crippen LogP contribution < -0.4 is 4.90 Å². The van der Waals surface area contributed by atoms with Crippen molar-refractivity contribution in [2.75, 3.05) is 11.4 Å². The standard InChI is InChI=1S/C16H23NO4/c1-5-10-6-7-17(15(20)21-16(2,3)4)12-8-11(18)9-13(19)14(10)12/h8-10,18-19H,5-7H2,1-4H3/t10-/m1/s1. The summed E-state index contributed by atoms with van der Waals surface area (Å²) in [5, 5.41) is 19.9. The number of aromatic hydroxyl groups is 2. The lowest BCUT2D eigenvalue weighted by Gasteiger charge is -2.35. The number of benzene rings is 1. The SMILES string of the molecule is CC[C@@H]1CCN(C(=O)OC(C)(C)C)c2cc(O)cc(O)c21. The number of hydrogen-bond donors (Lipinski definition) is 2. The summed E-state index contributed by atoms with van der Waals surface area (Å²) in [4.78, 5) is 13.8. The summed E-state index contributed by atoms with van der Waals surface area (Å²) in [5.41, 5.74) is 0.671. The van der Waals surface area contributed by atoms with Crippen LogP contribution in [0.15, 0.2) is 12.1 Å². The third-order valence-corrected chi connectivity index (χ3v) is 3.63. The van der Waals surface area contributed by atoms with Crippen LogP contribution in [0.1, 0.15) is 52.0 Å². The molecule has 5 heteroatoms. The summed E-state index contributed by atoms with van der Waals surface area (Å²) in [6, 6.07) is 2.83. The Labute approximate surface area is 125 Å². The summed E-state index contributed by atoms with van der Waals surface area (Å²) in [6.07, 6.45) is 1.18. The minimum atomic E-state index is -0.586. The fourth-order valence-electron chi connectivity index (χ4n) is 2.71. The van der Waals surface area contributed by atoms with Crippen molar-refractivity contribution in [2.45, 2.75) is 52.1 Å². The van der Waals surface area contributed by atoms with Crippen molar-refractivity contribution >= 4 is 11.8 Å². The number of amides is 1. The van der Waals surface area contributed by atoms with Gasteiger partial charge in [-0.3, -0.25) is 4.90 Å². The molecule has 1 aromatic carbocycles. The van der Waals surface area contributed by atoms with Crippen LogP contribution in [-0.4, -0.2) is 28.5 Å². The van der Waals surface area contributed by atoms with E-state index in [4.69, 9.17) is 4.74 Å². The Morgan fingerprint density at radius 2 is 2.05 bits per heavy atom. The molecule has 1 aliphatic rings. The van der Waals surface area contributed by atoms with Crippen LogP contribution in [0.25, 0.3) is 0 Å². The maximum Gasteiger partial charge on any atom is 0.414 e. The molecule has 0 aromatic heterocycles. The quantitative estimate of drug-likeness (QED) is 0.827. The van der Waals surface area contributed by atoms with Crippen LogP contribution in [0.3, 0.4) is 0 Å². The number of fused-ring (bicyclic) bond motifs is 1. The fourth-order valence-corrected chi connectivity index (χ4v) is 2.71. The summed E-state index contributed by atoms with van der Waals surface area (Å²) < 4.78 is 5.41. The lowest BCUT2D eigenvalue weighted by molar-refractivity contribution is 0.0576. The largest absolute Gasteiger partial charge is 0.508 e. The van der Waals surface area contributed by atoms with E-state index in [1.165, 1.54) is 17.0 Å². The number of phenols is 2. The van der Waals surface area contributed by atoms with E-state index in [0.717, 1.165) is 12.8 Å². The molecule has 5 nitrogen and oxygen atoms in total. The molecular formula is C16H23NO4. The maximum absolute atomic E-state index is 12.3. The fraction of sp³-hybridized carbons (Fsp3) is 0.562. The second-order valence-electron chi connectivity index (χ2n) is 6.42. The molecular weight excluding hydrogens is 270 g/mol. The van der Waals surface area contributed by atoms with Crippen molar-refractivity contribution < 1.29 is 19.7 Å². The van der Waals surface area contributed by atoms with Gasteiger partial charge in [0.2, 0.25) is 0 Å². The summed E-state index contributed by atoms with van der Waals surface area (Å²) in [7, 11) is 0. The monoisotopic (exact) mass is 293 g/mol. The average molecular weight is 293 g/mol. The minimum Gasteiger partial charge on any atom is -0.508 e. The van der Waals surface area contributed by atoms with Gasteiger partial charge in [-0.25, -0.2) is 4.79 Å². The van der Waals surface area contributed by atoms with Crippen LogP contribution >= 0.6 is 0 Å². The molecule has 0 fully saturated rings. The number of nitrogens with zero attached hydrogens (tertiary/aromatic N) is 1. The molecule has 1 atom stereocenters. The molecule has 0 saturated carbocycles. The average Bonchev–Trinajstić information content (AvgIpc) is 2.34. The Morgan fingerprint density at radius 1 is 1.38 bits per heavy atom. The van der Waals surface area contributed by atoms with Gasteiger partial charge in [-0.2, -0.15) is 0 Å². The van der Waals surface area contributed by atoms with E-state index >= 15 is 0 Å². The van der Waals surface area contributed by atoms with Gasteiger partial charge in [-0.05, 0) is 39.5 Å². The van der Waals surface area contributed by atoms with E-state index in [-0.39, 0.29) is 17.4 Å². The van der Waals surface area contributed by atoms with Crippen LogP contribution in [0.4, 0.5) is 10.5 Å². The Hall–Kier alpha value is -1.91. The zero-order chi connectivity index (χ0) is 15.8. The van der Waals surface area contributed by atoms with Gasteiger partial charge in [0.15, 0.2) is 0 Å². The molecule has 0 spiro atoms. The van der Waals surface area contributed by atoms with Gasteiger partial charge in [-0.15, -0.1) is 0 Å². The van der Waals surface area contributed by atoms with Crippen molar-refractivity contribution in [3.05, 3.63) is 17.7 Å². The van der Waals surface area contributed by atoms with E-state index in [9.17, 15) is 15.0 Å². The molecule has 1 aliphatic heterocycles. The summed E-state index contributed by atoms with van der Waals surface area (Å²) in [6.45, 7) is 7.99. The summed E-state index contributed by atoms with van der Waals surface area (Å²) in [5.74, 6) is 0.154. The van der Waals surface area contributed by atoms with E-state index in [1.807, 2.05) is 27.7 Å². The molecule has 1 heterocycles. The highest BCUT2D eigenvalue weighted by molar-refractivity contribution is 5.90. The predicted molar refractivity (Wildman–Crippen MR) is 81.0 cm³/mol. The van der Waals surface area contributed by atoms with E-state index in [2.05, 4.69) is 0 Å². The molecule has 1 amide bonds. The first-order valence-corrected chi connectivity index (χ1v) is 7.29. The van der Waals surface area contributed by atoms with E-state index in [0.29, 0.717) is 17.8 Å². The Morgan fingerprint density at radius 3 is 2.62 bits per heavy atom. The first-order chi connectivity index (χ1) is 9.73. The van der Waals surface area contributed by atoms with Gasteiger partial charge in [0.1, 0.15) is 17.1 Å². The van der Waals surface area contributed by atoms with Crippen molar-refractivity contribution in [3.63, 3.8) is 0 Å². The van der Waals surface area contributed by atoms with Gasteiger partial charge in [-0.1, -0.05) is 6.92 Å². The zero-order valence-electron chi connectivity index (χ0n) is 13.0. The van der Waals surface area contributed by atoms with Crippen LogP contribution in [-0.2, 0) is 4.74 Å². The molecule has 2 N–H and O–H groups in total. The number of phenolic OH excluding ortho intramolecular Hbond substituents is 2. The second kappa shape index (κ2) is 5.47. The second-order valence-corrected chi connectivity index (χ2v) is 6.42. The van der Waals surface area contributed by atoms with Crippen molar-refractivity contribution in [1.29, 1.82) is 0 Å². The van der Waals surface area contributed by atoms with Gasteiger partial charge >= 0.3 is 6.09 Å². The highest BCUT2D eigenvalue weighted by Crippen LogP contribution is 2.44. The van der Waals surface area contributed by atoms with Crippen molar-refractivity contribution in [1.82, 2.24) is 0 Å². The smallest absolute Gasteiger partial charge is 0.414 e. The van der Waals surface area contributed by atoms with Crippen LogP contribution in [0.2, 0.25) is 0 Å². The number of carbonyl (C=O) groups is 1. The topological polar surface area (TPSA) is 70.0 Å². The molecule has 0 bridgehead atoms. The van der Waals surface area contributed by atoms with Gasteiger partial charge in [0.05, 0.1) is 5.69 Å². The third-order valence-electron chi connectivity index (χ3n) is 3.63. The van der Waals surface area contributed by atoms with Gasteiger partial charge in [0, 0.05) is 24.2 Å². The Bertz CT molecular complexity index is 548.